The zero-order valence-electron chi connectivity index (χ0n) is 9.86. The third-order valence-electron chi connectivity index (χ3n) is 2.89. The molecule has 1 saturated heterocycles. The number of amides is 1. The maximum absolute atomic E-state index is 11.9. The zero-order valence-corrected chi connectivity index (χ0v) is 10.7. The Balaban J connectivity index is 2.16. The van der Waals surface area contributed by atoms with Gasteiger partial charge in [0.25, 0.3) is 0 Å². The smallest absolute Gasteiger partial charge is 0.245 e. The van der Waals surface area contributed by atoms with Gasteiger partial charge in [-0.1, -0.05) is 13.8 Å². The van der Waals surface area contributed by atoms with E-state index in [0.29, 0.717) is 5.92 Å². The van der Waals surface area contributed by atoms with E-state index in [1.165, 1.54) is 0 Å². The predicted molar refractivity (Wildman–Crippen MR) is 66.0 cm³/mol. The fourth-order valence-corrected chi connectivity index (χ4v) is 2.82. The molecule has 4 nitrogen and oxygen atoms in total. The van der Waals surface area contributed by atoms with Gasteiger partial charge in [0.05, 0.1) is 11.7 Å². The molecule has 0 aliphatic carbocycles. The monoisotopic (exact) mass is 239 g/mol. The number of anilines is 1. The molecule has 0 aromatic carbocycles. The minimum Gasteiger partial charge on any atom is -0.309 e. The van der Waals surface area contributed by atoms with Gasteiger partial charge in [-0.15, -0.1) is 11.3 Å². The van der Waals surface area contributed by atoms with Crippen LogP contribution in [0.3, 0.4) is 0 Å². The van der Waals surface area contributed by atoms with E-state index in [-0.39, 0.29) is 11.9 Å². The van der Waals surface area contributed by atoms with Crippen LogP contribution in [0.4, 0.5) is 5.13 Å². The van der Waals surface area contributed by atoms with Crippen LogP contribution in [0.2, 0.25) is 0 Å². The van der Waals surface area contributed by atoms with Crippen molar-refractivity contribution in [1.29, 1.82) is 0 Å². The summed E-state index contributed by atoms with van der Waals surface area (Å²) in [5.41, 5.74) is 1.07. The molecule has 1 fully saturated rings. The Morgan fingerprint density at radius 2 is 2.38 bits per heavy atom. The van der Waals surface area contributed by atoms with E-state index >= 15 is 0 Å². The first kappa shape index (κ1) is 11.5. The summed E-state index contributed by atoms with van der Waals surface area (Å²) in [5.74, 6) is 0.565. The second kappa shape index (κ2) is 4.51. The van der Waals surface area contributed by atoms with E-state index in [0.717, 1.165) is 23.8 Å². The molecular weight excluding hydrogens is 222 g/mol. The summed E-state index contributed by atoms with van der Waals surface area (Å²) in [5, 5.41) is 5.91. The highest BCUT2D eigenvalue weighted by molar-refractivity contribution is 7.14. The first-order valence-corrected chi connectivity index (χ1v) is 6.45. The maximum Gasteiger partial charge on any atom is 0.245 e. The molecule has 1 aliphatic rings. The Bertz CT molecular complexity index is 388. The Morgan fingerprint density at radius 1 is 1.62 bits per heavy atom. The number of aromatic nitrogens is 1. The van der Waals surface area contributed by atoms with Gasteiger partial charge in [0.1, 0.15) is 0 Å². The number of nitrogens with zero attached hydrogens (tertiary/aromatic N) is 2. The van der Waals surface area contributed by atoms with E-state index in [1.807, 2.05) is 12.4 Å². The van der Waals surface area contributed by atoms with Gasteiger partial charge < -0.3 is 5.32 Å². The minimum atomic E-state index is -0.0357. The van der Waals surface area contributed by atoms with Crippen molar-refractivity contribution in [3.63, 3.8) is 0 Å². The Labute approximate surface area is 99.7 Å². The number of thiazole rings is 1. The maximum atomic E-state index is 11.9. The summed E-state index contributed by atoms with van der Waals surface area (Å²) in [7, 11) is 1.83. The van der Waals surface area contributed by atoms with Crippen molar-refractivity contribution in [2.45, 2.75) is 32.2 Å². The van der Waals surface area contributed by atoms with Crippen LogP contribution < -0.4 is 10.2 Å². The van der Waals surface area contributed by atoms with Crippen molar-refractivity contribution in [3.05, 3.63) is 11.1 Å². The minimum absolute atomic E-state index is 0.0357. The molecule has 88 valence electrons. The molecule has 1 atom stereocenters. The lowest BCUT2D eigenvalue weighted by Gasteiger charge is -2.12. The quantitative estimate of drug-likeness (QED) is 0.871. The van der Waals surface area contributed by atoms with Crippen LogP contribution in [0, 0.1) is 0 Å². The molecule has 1 aromatic rings. The molecule has 1 aliphatic heterocycles. The fraction of sp³-hybridized carbons (Fsp3) is 0.636. The Hall–Kier alpha value is -0.940. The number of likely N-dealkylation sites (N-methyl/N-ethyl adjacent to an activating group) is 1. The Morgan fingerprint density at radius 3 is 2.88 bits per heavy atom. The van der Waals surface area contributed by atoms with E-state index in [1.54, 1.807) is 16.2 Å². The van der Waals surface area contributed by atoms with Crippen molar-refractivity contribution in [2.24, 2.45) is 0 Å². The van der Waals surface area contributed by atoms with Gasteiger partial charge in [-0.25, -0.2) is 4.98 Å². The number of carbonyl (C=O) groups excluding carboxylic acids is 1. The lowest BCUT2D eigenvalue weighted by molar-refractivity contribution is -0.118. The van der Waals surface area contributed by atoms with Crippen molar-refractivity contribution in [3.8, 4) is 0 Å². The van der Waals surface area contributed by atoms with Crippen LogP contribution in [0.5, 0.6) is 0 Å². The van der Waals surface area contributed by atoms with Gasteiger partial charge in [-0.2, -0.15) is 0 Å². The first-order valence-electron chi connectivity index (χ1n) is 5.57. The van der Waals surface area contributed by atoms with Gasteiger partial charge in [-0.05, 0) is 19.4 Å². The standard InChI is InChI=1S/C11H17N3OS/c1-7(2)9-6-16-11(13-9)14-5-4-8(12-3)10(14)15/h6-8,12H,4-5H2,1-3H3. The van der Waals surface area contributed by atoms with E-state index in [4.69, 9.17) is 0 Å². The third kappa shape index (κ3) is 1.97. The molecule has 1 N–H and O–H groups in total. The molecule has 0 radical (unpaired) electrons. The number of carbonyl (C=O) groups is 1. The van der Waals surface area contributed by atoms with E-state index in [2.05, 4.69) is 24.1 Å². The van der Waals surface area contributed by atoms with Crippen molar-refractivity contribution < 1.29 is 4.79 Å². The van der Waals surface area contributed by atoms with Gasteiger partial charge in [0.2, 0.25) is 5.91 Å². The largest absolute Gasteiger partial charge is 0.309 e. The number of rotatable bonds is 3. The predicted octanol–water partition coefficient (Wildman–Crippen LogP) is 1.59. The normalized spacial score (nSPS) is 21.1. The molecule has 1 amide bonds. The lowest BCUT2D eigenvalue weighted by Crippen LogP contribution is -2.36. The average molecular weight is 239 g/mol. The summed E-state index contributed by atoms with van der Waals surface area (Å²) < 4.78 is 0. The molecule has 0 bridgehead atoms. The zero-order chi connectivity index (χ0) is 11.7. The first-order chi connectivity index (χ1) is 7.63. The summed E-state index contributed by atoms with van der Waals surface area (Å²) in [6.45, 7) is 5.00. The fourth-order valence-electron chi connectivity index (χ4n) is 1.80. The molecule has 2 heterocycles. The highest BCUT2D eigenvalue weighted by atomic mass is 32.1. The molecule has 1 unspecified atom stereocenters. The Kier molecular flexibility index (Phi) is 3.25. The van der Waals surface area contributed by atoms with E-state index < -0.39 is 0 Å². The lowest BCUT2D eigenvalue weighted by atomic mass is 10.2. The van der Waals surface area contributed by atoms with Crippen LogP contribution in [0.25, 0.3) is 0 Å². The van der Waals surface area contributed by atoms with Crippen molar-refractivity contribution in [2.75, 3.05) is 18.5 Å². The van der Waals surface area contributed by atoms with Crippen LogP contribution in [0.15, 0.2) is 5.38 Å². The second-order valence-corrected chi connectivity index (χ2v) is 5.17. The molecular formula is C11H17N3OS. The third-order valence-corrected chi connectivity index (χ3v) is 3.77. The van der Waals surface area contributed by atoms with Crippen LogP contribution >= 0.6 is 11.3 Å². The highest BCUT2D eigenvalue weighted by Gasteiger charge is 2.32. The molecule has 5 heteroatoms. The van der Waals surface area contributed by atoms with E-state index in [9.17, 15) is 4.79 Å². The molecule has 0 saturated carbocycles. The second-order valence-electron chi connectivity index (χ2n) is 4.33. The van der Waals surface area contributed by atoms with Gasteiger partial charge in [-0.3, -0.25) is 9.69 Å². The van der Waals surface area contributed by atoms with Gasteiger partial charge in [0.15, 0.2) is 5.13 Å². The molecule has 2 rings (SSSR count). The summed E-state index contributed by atoms with van der Waals surface area (Å²) in [4.78, 5) is 18.2. The van der Waals surface area contributed by atoms with Crippen LogP contribution in [-0.4, -0.2) is 30.5 Å². The van der Waals surface area contributed by atoms with Crippen LogP contribution in [-0.2, 0) is 4.79 Å². The molecule has 16 heavy (non-hydrogen) atoms. The van der Waals surface area contributed by atoms with Crippen LogP contribution in [0.1, 0.15) is 31.9 Å². The number of nitrogens with one attached hydrogen (secondary N) is 1. The SMILES string of the molecule is CNC1CCN(c2nc(C(C)C)cs2)C1=O. The number of hydrogen-bond acceptors (Lipinski definition) is 4. The highest BCUT2D eigenvalue weighted by Crippen LogP contribution is 2.28. The topological polar surface area (TPSA) is 45.2 Å². The molecule has 0 spiro atoms. The summed E-state index contributed by atoms with van der Waals surface area (Å²) in [6.07, 6.45) is 0.867. The van der Waals surface area contributed by atoms with Crippen molar-refractivity contribution >= 4 is 22.4 Å². The number of hydrogen-bond donors (Lipinski definition) is 1. The average Bonchev–Trinajstić information content (AvgIpc) is 2.83. The van der Waals surface area contributed by atoms with Gasteiger partial charge >= 0.3 is 0 Å². The summed E-state index contributed by atoms with van der Waals surface area (Å²) >= 11 is 1.56. The van der Waals surface area contributed by atoms with Gasteiger partial charge in [0, 0.05) is 11.9 Å². The van der Waals surface area contributed by atoms with Crippen molar-refractivity contribution in [1.82, 2.24) is 10.3 Å². The molecule has 1 aromatic heterocycles. The summed E-state index contributed by atoms with van der Waals surface area (Å²) in [6, 6.07) is -0.0357.